The Morgan fingerprint density at radius 3 is 2.91 bits per heavy atom. The number of nitrogens with zero attached hydrogens (tertiary/aromatic N) is 4. The van der Waals surface area contributed by atoms with Crippen LogP contribution in [0.3, 0.4) is 0 Å². The Morgan fingerprint density at radius 2 is 2.13 bits per heavy atom. The van der Waals surface area contributed by atoms with E-state index in [-0.39, 0.29) is 6.61 Å². The molecule has 3 rings (SSSR count). The second-order valence-electron chi connectivity index (χ2n) is 6.52. The van der Waals surface area contributed by atoms with Crippen molar-refractivity contribution in [1.29, 1.82) is 0 Å². The Hall–Kier alpha value is -1.66. The number of likely N-dealkylation sites (tertiary alicyclic amines) is 1. The first kappa shape index (κ1) is 16.2. The van der Waals surface area contributed by atoms with Crippen LogP contribution >= 0.6 is 0 Å². The van der Waals surface area contributed by atoms with Crippen molar-refractivity contribution in [2.45, 2.75) is 46.1 Å². The third-order valence-corrected chi connectivity index (χ3v) is 4.85. The molecule has 1 aliphatic heterocycles. The van der Waals surface area contributed by atoms with Crippen LogP contribution in [0.5, 0.6) is 0 Å². The van der Waals surface area contributed by atoms with Crippen LogP contribution in [0.2, 0.25) is 0 Å². The highest BCUT2D eigenvalue weighted by Crippen LogP contribution is 2.19. The molecule has 6 nitrogen and oxygen atoms in total. The molecule has 2 N–H and O–H groups in total. The number of piperidine rings is 1. The molecule has 1 saturated heterocycles. The maximum Gasteiger partial charge on any atom is 0.160 e. The number of hydrogen-bond donors (Lipinski definition) is 2. The minimum atomic E-state index is 0.260. The van der Waals surface area contributed by atoms with Gasteiger partial charge in [-0.3, -0.25) is 4.90 Å². The Kier molecular flexibility index (Phi) is 4.82. The second-order valence-corrected chi connectivity index (χ2v) is 6.52. The van der Waals surface area contributed by atoms with Gasteiger partial charge in [-0.15, -0.1) is 0 Å². The summed E-state index contributed by atoms with van der Waals surface area (Å²) in [5.74, 6) is 0.987. The molecule has 1 aliphatic rings. The summed E-state index contributed by atoms with van der Waals surface area (Å²) in [5, 5.41) is 17.6. The Labute approximate surface area is 137 Å². The van der Waals surface area contributed by atoms with Crippen LogP contribution in [0.25, 0.3) is 5.65 Å². The summed E-state index contributed by atoms with van der Waals surface area (Å²) in [6.07, 6.45) is 3.56. The molecule has 0 radical (unpaired) electrons. The summed E-state index contributed by atoms with van der Waals surface area (Å²) >= 11 is 0. The van der Waals surface area contributed by atoms with Gasteiger partial charge < -0.3 is 10.4 Å². The lowest BCUT2D eigenvalue weighted by Gasteiger charge is -2.34. The number of anilines is 1. The number of aliphatic hydroxyl groups excluding tert-OH is 1. The molecule has 23 heavy (non-hydrogen) atoms. The predicted molar refractivity (Wildman–Crippen MR) is 92.0 cm³/mol. The minimum Gasteiger partial charge on any atom is -0.395 e. The molecule has 1 atom stereocenters. The smallest absolute Gasteiger partial charge is 0.160 e. The highest BCUT2D eigenvalue weighted by Gasteiger charge is 2.21. The zero-order valence-electron chi connectivity index (χ0n) is 14.3. The van der Waals surface area contributed by atoms with Crippen molar-refractivity contribution in [2.75, 3.05) is 31.6 Å². The van der Waals surface area contributed by atoms with Gasteiger partial charge in [0.2, 0.25) is 0 Å². The van der Waals surface area contributed by atoms with E-state index in [9.17, 15) is 5.11 Å². The van der Waals surface area contributed by atoms with E-state index < -0.39 is 0 Å². The standard InChI is InChI=1S/C17H27N5O/c1-12-10-16(22-17(19-12)13(2)14(3)20-22)18-7-9-21-8-5-4-6-15(21)11-23/h10,15,18,23H,4-9,11H2,1-3H3. The SMILES string of the molecule is Cc1cc(NCCN2CCCCC2CO)n2nc(C)c(C)c2n1. The Bertz CT molecular complexity index is 681. The zero-order chi connectivity index (χ0) is 16.4. The van der Waals surface area contributed by atoms with Gasteiger partial charge in [0.25, 0.3) is 0 Å². The summed E-state index contributed by atoms with van der Waals surface area (Å²) < 4.78 is 1.90. The quantitative estimate of drug-likeness (QED) is 0.882. The van der Waals surface area contributed by atoms with Gasteiger partial charge in [0.1, 0.15) is 5.82 Å². The third kappa shape index (κ3) is 3.33. The van der Waals surface area contributed by atoms with Gasteiger partial charge >= 0.3 is 0 Å². The first-order valence-corrected chi connectivity index (χ1v) is 8.52. The normalized spacial score (nSPS) is 19.4. The van der Waals surface area contributed by atoms with Gasteiger partial charge in [-0.25, -0.2) is 4.98 Å². The second kappa shape index (κ2) is 6.84. The minimum absolute atomic E-state index is 0.260. The van der Waals surface area contributed by atoms with Gasteiger partial charge in [0.15, 0.2) is 5.65 Å². The van der Waals surface area contributed by atoms with E-state index in [1.807, 2.05) is 24.4 Å². The first-order valence-electron chi connectivity index (χ1n) is 8.52. The van der Waals surface area contributed by atoms with E-state index in [0.717, 1.165) is 54.5 Å². The van der Waals surface area contributed by atoms with E-state index in [2.05, 4.69) is 27.2 Å². The molecule has 0 saturated carbocycles. The zero-order valence-corrected chi connectivity index (χ0v) is 14.3. The topological polar surface area (TPSA) is 65.7 Å². The predicted octanol–water partition coefficient (Wildman–Crippen LogP) is 1.91. The van der Waals surface area contributed by atoms with E-state index in [0.29, 0.717) is 6.04 Å². The third-order valence-electron chi connectivity index (χ3n) is 4.85. The van der Waals surface area contributed by atoms with Crippen LogP contribution < -0.4 is 5.32 Å². The van der Waals surface area contributed by atoms with Crippen molar-refractivity contribution in [3.63, 3.8) is 0 Å². The van der Waals surface area contributed by atoms with Crippen LogP contribution in [-0.4, -0.2) is 56.9 Å². The van der Waals surface area contributed by atoms with Crippen molar-refractivity contribution in [3.8, 4) is 0 Å². The molecule has 0 bridgehead atoms. The number of aryl methyl sites for hydroxylation is 3. The summed E-state index contributed by atoms with van der Waals surface area (Å²) in [6, 6.07) is 2.36. The van der Waals surface area contributed by atoms with E-state index in [4.69, 9.17) is 0 Å². The lowest BCUT2D eigenvalue weighted by molar-refractivity contribution is 0.0940. The molecule has 2 aromatic rings. The Morgan fingerprint density at radius 1 is 1.30 bits per heavy atom. The maximum absolute atomic E-state index is 9.50. The molecule has 3 heterocycles. The van der Waals surface area contributed by atoms with Gasteiger partial charge in [-0.05, 0) is 40.2 Å². The number of hydrogen-bond acceptors (Lipinski definition) is 5. The number of nitrogens with one attached hydrogen (secondary N) is 1. The van der Waals surface area contributed by atoms with Crippen LogP contribution in [0, 0.1) is 20.8 Å². The summed E-state index contributed by atoms with van der Waals surface area (Å²) in [4.78, 5) is 6.99. The van der Waals surface area contributed by atoms with Crippen LogP contribution in [0.15, 0.2) is 6.07 Å². The molecule has 0 aliphatic carbocycles. The fourth-order valence-electron chi connectivity index (χ4n) is 3.37. The summed E-state index contributed by atoms with van der Waals surface area (Å²) in [6.45, 7) is 9.21. The molecular formula is C17H27N5O. The highest BCUT2D eigenvalue weighted by atomic mass is 16.3. The monoisotopic (exact) mass is 317 g/mol. The summed E-state index contributed by atoms with van der Waals surface area (Å²) in [7, 11) is 0. The van der Waals surface area contributed by atoms with Gasteiger partial charge in [0.05, 0.1) is 12.3 Å². The maximum atomic E-state index is 9.50. The summed E-state index contributed by atoms with van der Waals surface area (Å²) in [5.41, 5.74) is 4.07. The van der Waals surface area contributed by atoms with Crippen molar-refractivity contribution in [1.82, 2.24) is 19.5 Å². The number of aliphatic hydroxyl groups is 1. The molecule has 2 aromatic heterocycles. The molecule has 1 unspecified atom stereocenters. The van der Waals surface area contributed by atoms with Crippen molar-refractivity contribution < 1.29 is 5.11 Å². The number of fused-ring (bicyclic) bond motifs is 1. The highest BCUT2D eigenvalue weighted by molar-refractivity contribution is 5.55. The van der Waals surface area contributed by atoms with Crippen molar-refractivity contribution >= 4 is 11.5 Å². The fourth-order valence-corrected chi connectivity index (χ4v) is 3.37. The van der Waals surface area contributed by atoms with E-state index >= 15 is 0 Å². The van der Waals surface area contributed by atoms with Crippen LogP contribution in [0.1, 0.15) is 36.2 Å². The molecule has 1 fully saturated rings. The first-order chi connectivity index (χ1) is 11.1. The van der Waals surface area contributed by atoms with Crippen molar-refractivity contribution in [2.24, 2.45) is 0 Å². The van der Waals surface area contributed by atoms with Crippen LogP contribution in [-0.2, 0) is 0 Å². The fraction of sp³-hybridized carbons (Fsp3) is 0.647. The van der Waals surface area contributed by atoms with E-state index in [1.54, 1.807) is 0 Å². The number of rotatable bonds is 5. The van der Waals surface area contributed by atoms with Gasteiger partial charge in [0, 0.05) is 36.5 Å². The molecule has 6 heteroatoms. The van der Waals surface area contributed by atoms with Gasteiger partial charge in [-0.2, -0.15) is 9.61 Å². The molecule has 0 amide bonds. The average molecular weight is 317 g/mol. The van der Waals surface area contributed by atoms with Crippen molar-refractivity contribution in [3.05, 3.63) is 23.0 Å². The number of aromatic nitrogens is 3. The molecule has 126 valence electrons. The average Bonchev–Trinajstić information content (AvgIpc) is 2.83. The Balaban J connectivity index is 1.71. The lowest BCUT2D eigenvalue weighted by Crippen LogP contribution is -2.44. The molecule has 0 spiro atoms. The largest absolute Gasteiger partial charge is 0.395 e. The lowest BCUT2D eigenvalue weighted by atomic mass is 10.0. The van der Waals surface area contributed by atoms with Crippen LogP contribution in [0.4, 0.5) is 5.82 Å². The molecule has 0 aromatic carbocycles. The van der Waals surface area contributed by atoms with Gasteiger partial charge in [-0.1, -0.05) is 6.42 Å². The molecular weight excluding hydrogens is 290 g/mol. The van der Waals surface area contributed by atoms with E-state index in [1.165, 1.54) is 12.8 Å².